The van der Waals surface area contributed by atoms with Crippen molar-refractivity contribution in [2.75, 3.05) is 5.73 Å². The van der Waals surface area contributed by atoms with Gasteiger partial charge in [-0.25, -0.2) is 9.78 Å². The van der Waals surface area contributed by atoms with E-state index in [0.29, 0.717) is 16.0 Å². The molecule has 96 valence electrons. The van der Waals surface area contributed by atoms with E-state index in [-0.39, 0.29) is 17.0 Å². The van der Waals surface area contributed by atoms with E-state index in [0.717, 1.165) is 5.01 Å². The standard InChI is InChI=1S/C13H10N2O3S/c1-6-15-10(12(14)19-6)9-11(16)7-4-2-3-5-8(7)18-13(9)17/h2-5,16H,14H2,1H3. The Kier molecular flexibility index (Phi) is 2.53. The Morgan fingerprint density at radius 1 is 1.37 bits per heavy atom. The monoisotopic (exact) mass is 274 g/mol. The number of anilines is 1. The summed E-state index contributed by atoms with van der Waals surface area (Å²) in [7, 11) is 0. The lowest BCUT2D eigenvalue weighted by molar-refractivity contribution is 0.471. The van der Waals surface area contributed by atoms with Crippen LogP contribution in [-0.2, 0) is 0 Å². The Hall–Kier alpha value is -2.34. The van der Waals surface area contributed by atoms with E-state index in [2.05, 4.69) is 4.98 Å². The number of aryl methyl sites for hydroxylation is 1. The third kappa shape index (κ3) is 1.77. The first-order chi connectivity index (χ1) is 9.08. The fraction of sp³-hybridized carbons (Fsp3) is 0.0769. The van der Waals surface area contributed by atoms with Crippen molar-refractivity contribution >= 4 is 27.3 Å². The van der Waals surface area contributed by atoms with Gasteiger partial charge in [0.1, 0.15) is 27.6 Å². The fourth-order valence-electron chi connectivity index (χ4n) is 1.96. The van der Waals surface area contributed by atoms with Crippen LogP contribution in [-0.4, -0.2) is 10.1 Å². The smallest absolute Gasteiger partial charge is 0.349 e. The molecule has 0 atom stereocenters. The number of thiazole rings is 1. The van der Waals surface area contributed by atoms with E-state index in [1.807, 2.05) is 0 Å². The maximum atomic E-state index is 12.0. The van der Waals surface area contributed by atoms with Gasteiger partial charge in [0, 0.05) is 0 Å². The van der Waals surface area contributed by atoms with Crippen molar-refractivity contribution in [3.8, 4) is 17.0 Å². The van der Waals surface area contributed by atoms with Crippen LogP contribution >= 0.6 is 11.3 Å². The number of fused-ring (bicyclic) bond motifs is 1. The van der Waals surface area contributed by atoms with Crippen LogP contribution in [0.25, 0.3) is 22.2 Å². The summed E-state index contributed by atoms with van der Waals surface area (Å²) in [5.41, 5.74) is 5.80. The van der Waals surface area contributed by atoms with Crippen LogP contribution in [0.4, 0.5) is 5.00 Å². The topological polar surface area (TPSA) is 89.4 Å². The van der Waals surface area contributed by atoms with Crippen LogP contribution in [0.15, 0.2) is 33.5 Å². The van der Waals surface area contributed by atoms with Crippen LogP contribution in [0.1, 0.15) is 5.01 Å². The first-order valence-electron chi connectivity index (χ1n) is 5.56. The Bertz CT molecular complexity index is 836. The summed E-state index contributed by atoms with van der Waals surface area (Å²) in [6, 6.07) is 6.77. The molecule has 0 fully saturated rings. The molecule has 3 aromatic rings. The number of benzene rings is 1. The van der Waals surface area contributed by atoms with Crippen molar-refractivity contribution in [3.05, 3.63) is 39.7 Å². The van der Waals surface area contributed by atoms with Crippen LogP contribution in [0.3, 0.4) is 0 Å². The van der Waals surface area contributed by atoms with Crippen LogP contribution in [0.5, 0.6) is 5.75 Å². The molecule has 3 N–H and O–H groups in total. The lowest BCUT2D eigenvalue weighted by atomic mass is 10.1. The molecular formula is C13H10N2O3S. The second-order valence-electron chi connectivity index (χ2n) is 4.06. The molecule has 2 aromatic heterocycles. The van der Waals surface area contributed by atoms with E-state index in [9.17, 15) is 9.90 Å². The van der Waals surface area contributed by atoms with Gasteiger partial charge in [0.15, 0.2) is 0 Å². The third-order valence-corrected chi connectivity index (χ3v) is 3.58. The predicted octanol–water partition coefficient (Wildman–Crippen LogP) is 2.51. The lowest BCUT2D eigenvalue weighted by Gasteiger charge is -2.04. The molecule has 0 saturated heterocycles. The molecule has 5 nitrogen and oxygen atoms in total. The van der Waals surface area contributed by atoms with Gasteiger partial charge < -0.3 is 15.3 Å². The van der Waals surface area contributed by atoms with Crippen molar-refractivity contribution in [3.63, 3.8) is 0 Å². The quantitative estimate of drug-likeness (QED) is 0.665. The summed E-state index contributed by atoms with van der Waals surface area (Å²) in [6.07, 6.45) is 0. The molecule has 0 aliphatic rings. The summed E-state index contributed by atoms with van der Waals surface area (Å²) in [4.78, 5) is 16.2. The van der Waals surface area contributed by atoms with Crippen molar-refractivity contribution in [2.24, 2.45) is 0 Å². The fourth-order valence-corrected chi connectivity index (χ4v) is 2.66. The van der Waals surface area contributed by atoms with E-state index in [4.69, 9.17) is 10.2 Å². The van der Waals surface area contributed by atoms with Crippen LogP contribution < -0.4 is 11.4 Å². The Labute approximate surface area is 111 Å². The van der Waals surface area contributed by atoms with Gasteiger partial charge in [0.2, 0.25) is 0 Å². The zero-order valence-corrected chi connectivity index (χ0v) is 10.8. The van der Waals surface area contributed by atoms with Gasteiger partial charge in [0.25, 0.3) is 0 Å². The van der Waals surface area contributed by atoms with E-state index < -0.39 is 5.63 Å². The lowest BCUT2D eigenvalue weighted by Crippen LogP contribution is -2.05. The van der Waals surface area contributed by atoms with E-state index >= 15 is 0 Å². The second-order valence-corrected chi connectivity index (χ2v) is 5.29. The molecule has 0 unspecified atom stereocenters. The second kappa shape index (κ2) is 4.10. The normalized spacial score (nSPS) is 11.0. The van der Waals surface area contributed by atoms with Gasteiger partial charge >= 0.3 is 5.63 Å². The number of aromatic hydroxyl groups is 1. The summed E-state index contributed by atoms with van der Waals surface area (Å²) in [5, 5.41) is 11.8. The van der Waals surface area contributed by atoms with Gasteiger partial charge in [-0.3, -0.25) is 0 Å². The molecule has 0 spiro atoms. The molecule has 0 bridgehead atoms. The summed E-state index contributed by atoms with van der Waals surface area (Å²) < 4.78 is 5.19. The molecule has 0 aliphatic heterocycles. The minimum Gasteiger partial charge on any atom is -0.506 e. The number of nitrogen functional groups attached to an aromatic ring is 1. The highest BCUT2D eigenvalue weighted by Gasteiger charge is 2.20. The van der Waals surface area contributed by atoms with Crippen molar-refractivity contribution in [1.29, 1.82) is 0 Å². The van der Waals surface area contributed by atoms with Gasteiger partial charge in [-0.05, 0) is 19.1 Å². The molecule has 0 saturated carbocycles. The maximum Gasteiger partial charge on any atom is 0.349 e. The first-order valence-corrected chi connectivity index (χ1v) is 6.37. The molecule has 6 heteroatoms. The van der Waals surface area contributed by atoms with Crippen molar-refractivity contribution in [2.45, 2.75) is 6.92 Å². The number of para-hydroxylation sites is 1. The Morgan fingerprint density at radius 2 is 2.11 bits per heavy atom. The summed E-state index contributed by atoms with van der Waals surface area (Å²) >= 11 is 1.26. The molecular weight excluding hydrogens is 264 g/mol. The number of aromatic nitrogens is 1. The van der Waals surface area contributed by atoms with Gasteiger partial charge in [-0.15, -0.1) is 11.3 Å². The molecule has 1 aromatic carbocycles. The number of rotatable bonds is 1. The third-order valence-electron chi connectivity index (χ3n) is 2.78. The molecule has 2 heterocycles. The highest BCUT2D eigenvalue weighted by molar-refractivity contribution is 7.16. The number of hydrogen-bond donors (Lipinski definition) is 2. The number of nitrogens with zero attached hydrogens (tertiary/aromatic N) is 1. The summed E-state index contributed by atoms with van der Waals surface area (Å²) in [5.74, 6) is -0.149. The first kappa shape index (κ1) is 11.7. The van der Waals surface area contributed by atoms with Gasteiger partial charge in [0.05, 0.1) is 10.4 Å². The summed E-state index contributed by atoms with van der Waals surface area (Å²) in [6.45, 7) is 1.78. The molecule has 3 rings (SSSR count). The van der Waals surface area contributed by atoms with Crippen molar-refractivity contribution < 1.29 is 9.52 Å². The SMILES string of the molecule is Cc1nc(-c2c(O)c3ccccc3oc2=O)c(N)s1. The molecule has 19 heavy (non-hydrogen) atoms. The van der Waals surface area contributed by atoms with Gasteiger partial charge in [-0.1, -0.05) is 12.1 Å². The zero-order valence-electron chi connectivity index (χ0n) is 10.0. The molecule has 0 radical (unpaired) electrons. The van der Waals surface area contributed by atoms with Crippen LogP contribution in [0.2, 0.25) is 0 Å². The number of hydrogen-bond acceptors (Lipinski definition) is 6. The minimum atomic E-state index is -0.645. The van der Waals surface area contributed by atoms with Crippen LogP contribution in [0, 0.1) is 6.92 Å². The predicted molar refractivity (Wildman–Crippen MR) is 74.4 cm³/mol. The Morgan fingerprint density at radius 3 is 2.79 bits per heavy atom. The van der Waals surface area contributed by atoms with E-state index in [1.54, 1.807) is 31.2 Å². The zero-order chi connectivity index (χ0) is 13.6. The minimum absolute atomic E-state index is 0.0144. The largest absolute Gasteiger partial charge is 0.506 e. The number of nitrogens with two attached hydrogens (primary N) is 1. The van der Waals surface area contributed by atoms with Crippen molar-refractivity contribution in [1.82, 2.24) is 4.98 Å². The highest BCUT2D eigenvalue weighted by Crippen LogP contribution is 2.37. The van der Waals surface area contributed by atoms with E-state index in [1.165, 1.54) is 11.3 Å². The average molecular weight is 274 g/mol. The molecule has 0 amide bonds. The average Bonchev–Trinajstić information content (AvgIpc) is 2.68. The van der Waals surface area contributed by atoms with Gasteiger partial charge in [-0.2, -0.15) is 0 Å². The maximum absolute atomic E-state index is 12.0. The highest BCUT2D eigenvalue weighted by atomic mass is 32.1. The molecule has 0 aliphatic carbocycles. The Balaban J connectivity index is 2.42.